The van der Waals surface area contributed by atoms with Crippen LogP contribution in [0.1, 0.15) is 10.4 Å². The number of nitrogens with one attached hydrogen (secondary N) is 1. The highest BCUT2D eigenvalue weighted by molar-refractivity contribution is 14.1. The molecule has 1 saturated heterocycles. The lowest BCUT2D eigenvalue weighted by atomic mass is 9.93. The molecule has 1 aliphatic rings. The van der Waals surface area contributed by atoms with E-state index < -0.39 is 34.6 Å². The molecule has 1 amide bonds. The number of carbonyl (C=O) groups excluding carboxylic acids is 1. The minimum atomic E-state index is -1.38. The van der Waals surface area contributed by atoms with E-state index in [-0.39, 0.29) is 36.7 Å². The topological polar surface area (TPSA) is 124 Å². The van der Waals surface area contributed by atoms with Crippen LogP contribution in [0, 0.1) is 21.0 Å². The molecule has 1 aliphatic heterocycles. The molecule has 2 aromatic rings. The van der Waals surface area contributed by atoms with Gasteiger partial charge in [0.1, 0.15) is 23.5 Å². The standard InChI is InChI=1S/C19H17F3IN5O3/c20-12-3-2-11(17(16(12)22)27-14-4-1-10(23)5-13(14)21)18(29)28-8-19(30,9-28)7-25-15(24)6-26-31/h1-6,27,30-31H,7-9H2,(H2,24,25). The third kappa shape index (κ3) is 5.07. The fourth-order valence-corrected chi connectivity index (χ4v) is 3.45. The summed E-state index contributed by atoms with van der Waals surface area (Å²) >= 11 is 1.90. The minimum Gasteiger partial charge on any atom is -0.411 e. The maximum Gasteiger partial charge on any atom is 0.256 e. The van der Waals surface area contributed by atoms with Crippen molar-refractivity contribution in [1.29, 1.82) is 0 Å². The van der Waals surface area contributed by atoms with Crippen molar-refractivity contribution in [3.63, 3.8) is 0 Å². The van der Waals surface area contributed by atoms with E-state index in [1.165, 1.54) is 17.0 Å². The van der Waals surface area contributed by atoms with Crippen molar-refractivity contribution in [1.82, 2.24) is 4.90 Å². The van der Waals surface area contributed by atoms with Gasteiger partial charge in [0.15, 0.2) is 11.6 Å². The second-order valence-electron chi connectivity index (χ2n) is 6.90. The monoisotopic (exact) mass is 547 g/mol. The van der Waals surface area contributed by atoms with Crippen molar-refractivity contribution in [3.8, 4) is 0 Å². The molecule has 5 N–H and O–H groups in total. The molecule has 3 rings (SSSR count). The summed E-state index contributed by atoms with van der Waals surface area (Å²) in [5.41, 5.74) is 3.19. The van der Waals surface area contributed by atoms with Crippen LogP contribution in [0.25, 0.3) is 0 Å². The average molecular weight is 547 g/mol. The fourth-order valence-electron chi connectivity index (χ4n) is 2.99. The highest BCUT2D eigenvalue weighted by atomic mass is 127. The normalized spacial score (nSPS) is 15.8. The summed E-state index contributed by atoms with van der Waals surface area (Å²) in [4.78, 5) is 17.9. The van der Waals surface area contributed by atoms with Crippen LogP contribution < -0.4 is 11.1 Å². The summed E-state index contributed by atoms with van der Waals surface area (Å²) < 4.78 is 43.1. The molecular formula is C19H17F3IN5O3. The molecule has 31 heavy (non-hydrogen) atoms. The Morgan fingerprint density at radius 3 is 2.61 bits per heavy atom. The molecule has 1 fully saturated rings. The van der Waals surface area contributed by atoms with Gasteiger partial charge in [0, 0.05) is 3.57 Å². The van der Waals surface area contributed by atoms with Gasteiger partial charge >= 0.3 is 0 Å². The van der Waals surface area contributed by atoms with Crippen molar-refractivity contribution in [2.75, 3.05) is 25.0 Å². The summed E-state index contributed by atoms with van der Waals surface area (Å²) in [6.07, 6.45) is 0.883. The van der Waals surface area contributed by atoms with E-state index in [0.29, 0.717) is 3.57 Å². The number of benzene rings is 2. The van der Waals surface area contributed by atoms with Gasteiger partial charge in [0.05, 0.1) is 36.6 Å². The van der Waals surface area contributed by atoms with Crippen molar-refractivity contribution in [2.24, 2.45) is 15.9 Å². The molecule has 1 heterocycles. The Bertz CT molecular complexity index is 1070. The number of likely N-dealkylation sites (tertiary alicyclic amines) is 1. The van der Waals surface area contributed by atoms with Crippen LogP contribution in [0.2, 0.25) is 0 Å². The van der Waals surface area contributed by atoms with E-state index in [4.69, 9.17) is 10.9 Å². The van der Waals surface area contributed by atoms with Crippen LogP contribution in [0.4, 0.5) is 24.5 Å². The SMILES string of the molecule is NC(C=NO)=NCC1(O)CN(C(=O)c2ccc(F)c(F)c2Nc2ccc(I)cc2F)C1. The Morgan fingerprint density at radius 1 is 1.26 bits per heavy atom. The van der Waals surface area contributed by atoms with Gasteiger partial charge in [-0.2, -0.15) is 0 Å². The average Bonchev–Trinajstić information content (AvgIpc) is 2.69. The molecule has 0 atom stereocenters. The lowest BCUT2D eigenvalue weighted by molar-refractivity contribution is -0.0730. The first-order valence-electron chi connectivity index (χ1n) is 8.82. The number of nitrogens with two attached hydrogens (primary N) is 1. The predicted molar refractivity (Wildman–Crippen MR) is 116 cm³/mol. The maximum atomic E-state index is 14.5. The van der Waals surface area contributed by atoms with Crippen LogP contribution in [0.3, 0.4) is 0 Å². The molecule has 12 heteroatoms. The number of rotatable bonds is 6. The number of β-amino-alcohol motifs (C(OH)–C–C–N with tert-alkyl or cyclic N) is 1. The lowest BCUT2D eigenvalue weighted by Gasteiger charge is -2.45. The van der Waals surface area contributed by atoms with Gasteiger partial charge in [-0.1, -0.05) is 5.16 Å². The van der Waals surface area contributed by atoms with Crippen LogP contribution in [-0.4, -0.2) is 58.4 Å². The summed E-state index contributed by atoms with van der Waals surface area (Å²) in [7, 11) is 0. The number of halogens is 4. The zero-order valence-electron chi connectivity index (χ0n) is 15.8. The third-order valence-electron chi connectivity index (χ3n) is 4.52. The number of oxime groups is 1. The molecule has 0 aromatic heterocycles. The van der Waals surface area contributed by atoms with Gasteiger partial charge in [0.25, 0.3) is 5.91 Å². The molecule has 8 nitrogen and oxygen atoms in total. The maximum absolute atomic E-state index is 14.5. The zero-order valence-corrected chi connectivity index (χ0v) is 18.0. The van der Waals surface area contributed by atoms with Crippen molar-refractivity contribution >= 4 is 51.9 Å². The first-order chi connectivity index (χ1) is 14.6. The van der Waals surface area contributed by atoms with E-state index in [0.717, 1.165) is 18.3 Å². The number of aliphatic hydroxyl groups is 1. The number of carbonyl (C=O) groups is 1. The number of amides is 1. The number of aliphatic imine (C=N–C) groups is 1. The van der Waals surface area contributed by atoms with E-state index in [9.17, 15) is 23.1 Å². The van der Waals surface area contributed by atoms with Crippen LogP contribution in [0.15, 0.2) is 40.5 Å². The second kappa shape index (κ2) is 9.09. The van der Waals surface area contributed by atoms with Gasteiger partial charge in [0.2, 0.25) is 0 Å². The number of nitrogens with zero attached hydrogens (tertiary/aromatic N) is 3. The third-order valence-corrected chi connectivity index (χ3v) is 5.19. The zero-order chi connectivity index (χ0) is 22.8. The summed E-state index contributed by atoms with van der Waals surface area (Å²) in [6.45, 7) is -0.449. The van der Waals surface area contributed by atoms with Crippen molar-refractivity contribution in [2.45, 2.75) is 5.60 Å². The second-order valence-corrected chi connectivity index (χ2v) is 8.15. The predicted octanol–water partition coefficient (Wildman–Crippen LogP) is 2.46. The van der Waals surface area contributed by atoms with Crippen LogP contribution >= 0.6 is 22.6 Å². The number of hydrogen-bond acceptors (Lipinski definition) is 6. The Hall–Kier alpha value is -2.87. The molecule has 0 bridgehead atoms. The lowest BCUT2D eigenvalue weighted by Crippen LogP contribution is -2.65. The summed E-state index contributed by atoms with van der Waals surface area (Å²) in [5, 5.41) is 23.9. The largest absolute Gasteiger partial charge is 0.411 e. The molecular weight excluding hydrogens is 530 g/mol. The molecule has 0 saturated carbocycles. The van der Waals surface area contributed by atoms with Crippen molar-refractivity contribution < 1.29 is 28.3 Å². The Morgan fingerprint density at radius 2 is 1.97 bits per heavy atom. The molecule has 0 radical (unpaired) electrons. The Balaban J connectivity index is 1.81. The van der Waals surface area contributed by atoms with Gasteiger partial charge < -0.3 is 26.3 Å². The van der Waals surface area contributed by atoms with Gasteiger partial charge in [-0.05, 0) is 52.9 Å². The van der Waals surface area contributed by atoms with Crippen molar-refractivity contribution in [3.05, 3.63) is 56.9 Å². The highest BCUT2D eigenvalue weighted by Crippen LogP contribution is 2.31. The number of amidine groups is 1. The van der Waals surface area contributed by atoms with E-state index in [1.54, 1.807) is 6.07 Å². The van der Waals surface area contributed by atoms with E-state index >= 15 is 0 Å². The first kappa shape index (κ1) is 22.8. The Labute approximate surface area is 188 Å². The van der Waals surface area contributed by atoms with E-state index in [2.05, 4.69) is 15.5 Å². The summed E-state index contributed by atoms with van der Waals surface area (Å²) in [5.74, 6) is -4.05. The number of anilines is 2. The summed E-state index contributed by atoms with van der Waals surface area (Å²) in [6, 6.07) is 5.98. The Kier molecular flexibility index (Phi) is 6.69. The smallest absolute Gasteiger partial charge is 0.256 e. The minimum absolute atomic E-state index is 0.118. The van der Waals surface area contributed by atoms with Gasteiger partial charge in [-0.25, -0.2) is 13.2 Å². The molecule has 2 aromatic carbocycles. The van der Waals surface area contributed by atoms with Gasteiger partial charge in [-0.15, -0.1) is 0 Å². The number of hydrogen-bond donors (Lipinski definition) is 4. The van der Waals surface area contributed by atoms with Gasteiger partial charge in [-0.3, -0.25) is 9.79 Å². The van der Waals surface area contributed by atoms with E-state index in [1.807, 2.05) is 22.6 Å². The van der Waals surface area contributed by atoms with Crippen LogP contribution in [0.5, 0.6) is 0 Å². The highest BCUT2D eigenvalue weighted by Gasteiger charge is 2.44. The quantitative estimate of drug-likeness (QED) is 0.146. The molecule has 0 unspecified atom stereocenters. The fraction of sp³-hybridized carbons (Fsp3) is 0.211. The molecule has 0 aliphatic carbocycles. The molecule has 164 valence electrons. The molecule has 0 spiro atoms. The first-order valence-corrected chi connectivity index (χ1v) is 9.90. The van der Waals surface area contributed by atoms with Crippen LogP contribution in [-0.2, 0) is 0 Å².